The van der Waals surface area contributed by atoms with Crippen LogP contribution in [0.2, 0.25) is 0 Å². The zero-order valence-electron chi connectivity index (χ0n) is 13.9. The summed E-state index contributed by atoms with van der Waals surface area (Å²) in [6, 6.07) is 15.2. The molecule has 1 saturated heterocycles. The van der Waals surface area contributed by atoms with Crippen molar-refractivity contribution in [1.29, 1.82) is 0 Å². The van der Waals surface area contributed by atoms with Gasteiger partial charge in [-0.1, -0.05) is 12.1 Å². The lowest BCUT2D eigenvalue weighted by molar-refractivity contribution is 0.102. The number of hydrogen-bond acceptors (Lipinski definition) is 5. The molecule has 3 rings (SSSR count). The summed E-state index contributed by atoms with van der Waals surface area (Å²) in [6.45, 7) is 0.960. The highest BCUT2D eigenvalue weighted by molar-refractivity contribution is 8.16. The van der Waals surface area contributed by atoms with E-state index in [0.29, 0.717) is 23.3 Å². The van der Waals surface area contributed by atoms with Gasteiger partial charge in [0.1, 0.15) is 12.4 Å². The van der Waals surface area contributed by atoms with Gasteiger partial charge in [-0.15, -0.1) is 23.5 Å². The first-order valence-electron chi connectivity index (χ1n) is 8.34. The molecule has 0 saturated carbocycles. The van der Waals surface area contributed by atoms with Crippen molar-refractivity contribution in [2.45, 2.75) is 11.0 Å². The second-order valence-electron chi connectivity index (χ2n) is 5.66. The van der Waals surface area contributed by atoms with Crippen molar-refractivity contribution in [2.24, 2.45) is 5.73 Å². The van der Waals surface area contributed by atoms with Crippen LogP contribution in [0.4, 0.5) is 5.69 Å². The zero-order chi connectivity index (χ0) is 17.5. The van der Waals surface area contributed by atoms with Crippen molar-refractivity contribution in [3.8, 4) is 5.75 Å². The number of nitrogens with two attached hydrogens (primary N) is 1. The molecule has 3 N–H and O–H groups in total. The van der Waals surface area contributed by atoms with E-state index in [1.165, 1.54) is 23.5 Å². The molecule has 1 aliphatic heterocycles. The molecule has 25 heavy (non-hydrogen) atoms. The summed E-state index contributed by atoms with van der Waals surface area (Å²) in [5.74, 6) is 3.07. The van der Waals surface area contributed by atoms with E-state index in [1.807, 2.05) is 59.9 Å². The van der Waals surface area contributed by atoms with Gasteiger partial charge in [0.05, 0.1) is 4.58 Å². The monoisotopic (exact) mass is 374 g/mol. The number of carbonyl (C=O) groups excluding carboxylic acids is 1. The van der Waals surface area contributed by atoms with Crippen molar-refractivity contribution in [3.63, 3.8) is 0 Å². The normalized spacial score (nSPS) is 14.9. The molecule has 1 heterocycles. The molecule has 0 spiro atoms. The fourth-order valence-electron chi connectivity index (χ4n) is 2.49. The second kappa shape index (κ2) is 9.17. The van der Waals surface area contributed by atoms with E-state index in [-0.39, 0.29) is 5.91 Å². The SMILES string of the molecule is NCCOc1ccc(NC(=O)c2ccc(C3SCCCS3)cc2)cc1. The summed E-state index contributed by atoms with van der Waals surface area (Å²) in [7, 11) is 0. The lowest BCUT2D eigenvalue weighted by atomic mass is 10.1. The first kappa shape index (κ1) is 18.2. The quantitative estimate of drug-likeness (QED) is 0.795. The van der Waals surface area contributed by atoms with Crippen molar-refractivity contribution in [3.05, 3.63) is 59.7 Å². The van der Waals surface area contributed by atoms with Crippen molar-refractivity contribution >= 4 is 35.1 Å². The molecule has 0 aliphatic carbocycles. The largest absolute Gasteiger partial charge is 0.492 e. The Hall–Kier alpha value is -1.63. The average molecular weight is 375 g/mol. The van der Waals surface area contributed by atoms with Crippen LogP contribution >= 0.6 is 23.5 Å². The molecule has 4 nitrogen and oxygen atoms in total. The third kappa shape index (κ3) is 5.17. The summed E-state index contributed by atoms with van der Waals surface area (Å²) in [5.41, 5.74) is 8.10. The van der Waals surface area contributed by atoms with Crippen LogP contribution < -0.4 is 15.8 Å². The molecule has 2 aromatic rings. The van der Waals surface area contributed by atoms with Crippen LogP contribution in [0.5, 0.6) is 5.75 Å². The average Bonchev–Trinajstić information content (AvgIpc) is 2.68. The number of hydrogen-bond donors (Lipinski definition) is 2. The molecule has 0 unspecified atom stereocenters. The molecule has 0 bridgehead atoms. The van der Waals surface area contributed by atoms with Gasteiger partial charge in [0, 0.05) is 17.8 Å². The van der Waals surface area contributed by atoms with Crippen LogP contribution in [-0.4, -0.2) is 30.6 Å². The Labute approximate surface area is 156 Å². The minimum Gasteiger partial charge on any atom is -0.492 e. The van der Waals surface area contributed by atoms with Crippen LogP contribution in [0.1, 0.15) is 26.9 Å². The standard InChI is InChI=1S/C19H22N2O2S2/c20-10-11-23-17-8-6-16(7-9-17)21-18(22)14-2-4-15(5-3-14)19-24-12-1-13-25-19/h2-9,19H,1,10-13,20H2,(H,21,22). The number of thioether (sulfide) groups is 2. The Morgan fingerprint density at radius 1 is 1.08 bits per heavy atom. The van der Waals surface area contributed by atoms with Gasteiger partial charge in [0.25, 0.3) is 5.91 Å². The maximum Gasteiger partial charge on any atom is 0.255 e. The van der Waals surface area contributed by atoms with Crippen LogP contribution in [0.15, 0.2) is 48.5 Å². The lowest BCUT2D eigenvalue weighted by Gasteiger charge is -2.21. The topological polar surface area (TPSA) is 64.3 Å². The second-order valence-corrected chi connectivity index (χ2v) is 8.39. The summed E-state index contributed by atoms with van der Waals surface area (Å²) in [4.78, 5) is 12.4. The number of anilines is 1. The summed E-state index contributed by atoms with van der Waals surface area (Å²) in [6.07, 6.45) is 1.28. The van der Waals surface area contributed by atoms with Gasteiger partial charge in [0.15, 0.2) is 0 Å². The predicted molar refractivity (Wildman–Crippen MR) is 108 cm³/mol. The van der Waals surface area contributed by atoms with Gasteiger partial charge < -0.3 is 15.8 Å². The van der Waals surface area contributed by atoms with E-state index in [0.717, 1.165) is 11.4 Å². The van der Waals surface area contributed by atoms with Crippen molar-refractivity contribution < 1.29 is 9.53 Å². The lowest BCUT2D eigenvalue weighted by Crippen LogP contribution is -2.12. The minimum absolute atomic E-state index is 0.105. The van der Waals surface area contributed by atoms with Crippen LogP contribution in [0.25, 0.3) is 0 Å². The Morgan fingerprint density at radius 3 is 2.40 bits per heavy atom. The van der Waals surface area contributed by atoms with E-state index in [4.69, 9.17) is 10.5 Å². The highest BCUT2D eigenvalue weighted by Crippen LogP contribution is 2.43. The summed E-state index contributed by atoms with van der Waals surface area (Å²) in [5, 5.41) is 2.91. The maximum absolute atomic E-state index is 12.4. The minimum atomic E-state index is -0.105. The van der Waals surface area contributed by atoms with Crippen LogP contribution in [-0.2, 0) is 0 Å². The van der Waals surface area contributed by atoms with E-state index < -0.39 is 0 Å². The van der Waals surface area contributed by atoms with Gasteiger partial charge >= 0.3 is 0 Å². The molecule has 2 aromatic carbocycles. The van der Waals surface area contributed by atoms with Gasteiger partial charge in [-0.2, -0.15) is 0 Å². The molecule has 1 amide bonds. The van der Waals surface area contributed by atoms with Gasteiger partial charge in [-0.25, -0.2) is 0 Å². The maximum atomic E-state index is 12.4. The van der Waals surface area contributed by atoms with E-state index in [2.05, 4.69) is 17.4 Å². The third-order valence-electron chi connectivity index (χ3n) is 3.77. The zero-order valence-corrected chi connectivity index (χ0v) is 15.6. The first-order chi connectivity index (χ1) is 12.3. The van der Waals surface area contributed by atoms with Gasteiger partial charge in [0.2, 0.25) is 0 Å². The number of ether oxygens (including phenoxy) is 1. The fourth-order valence-corrected chi connectivity index (χ4v) is 5.38. The van der Waals surface area contributed by atoms with E-state index in [1.54, 1.807) is 0 Å². The highest BCUT2D eigenvalue weighted by atomic mass is 32.2. The molecule has 0 radical (unpaired) electrons. The van der Waals surface area contributed by atoms with E-state index >= 15 is 0 Å². The summed E-state index contributed by atoms with van der Waals surface area (Å²) < 4.78 is 5.92. The Morgan fingerprint density at radius 2 is 1.76 bits per heavy atom. The molecular weight excluding hydrogens is 352 g/mol. The Kier molecular flexibility index (Phi) is 6.67. The number of rotatable bonds is 6. The van der Waals surface area contributed by atoms with Gasteiger partial charge in [-0.3, -0.25) is 4.79 Å². The van der Waals surface area contributed by atoms with Crippen LogP contribution in [0.3, 0.4) is 0 Å². The Balaban J connectivity index is 1.59. The smallest absolute Gasteiger partial charge is 0.255 e. The number of amides is 1. The third-order valence-corrected chi connectivity index (χ3v) is 6.79. The summed E-state index contributed by atoms with van der Waals surface area (Å²) >= 11 is 3.97. The van der Waals surface area contributed by atoms with E-state index in [9.17, 15) is 4.79 Å². The molecule has 1 fully saturated rings. The molecule has 1 aliphatic rings. The Bertz CT molecular complexity index is 684. The molecule has 0 aromatic heterocycles. The first-order valence-corrected chi connectivity index (χ1v) is 10.4. The van der Waals surface area contributed by atoms with Gasteiger partial charge in [-0.05, 0) is 59.9 Å². The number of carbonyl (C=O) groups is 1. The fraction of sp³-hybridized carbons (Fsp3) is 0.316. The number of nitrogens with one attached hydrogen (secondary N) is 1. The highest BCUT2D eigenvalue weighted by Gasteiger charge is 2.17. The molecular formula is C19H22N2O2S2. The van der Waals surface area contributed by atoms with Crippen LogP contribution in [0, 0.1) is 0 Å². The molecule has 6 heteroatoms. The predicted octanol–water partition coefficient (Wildman–Crippen LogP) is 4.15. The molecule has 0 atom stereocenters. The molecule has 132 valence electrons. The van der Waals surface area contributed by atoms with Crippen molar-refractivity contribution in [2.75, 3.05) is 30.0 Å². The number of benzene rings is 2. The van der Waals surface area contributed by atoms with Crippen molar-refractivity contribution in [1.82, 2.24) is 0 Å².